The number of nitrogens with zero attached hydrogens (tertiary/aromatic N) is 1. The van der Waals surface area contributed by atoms with Crippen molar-refractivity contribution in [1.82, 2.24) is 10.2 Å². The van der Waals surface area contributed by atoms with E-state index in [2.05, 4.69) is 34.6 Å². The average molecular weight is 378 g/mol. The highest BCUT2D eigenvalue weighted by atomic mass is 35.5. The molecule has 3 rings (SSSR count). The van der Waals surface area contributed by atoms with Crippen LogP contribution in [0.15, 0.2) is 64.4 Å². The van der Waals surface area contributed by atoms with Crippen LogP contribution < -0.4 is 10.6 Å². The molecule has 0 bridgehead atoms. The molecule has 1 heterocycles. The molecule has 1 saturated heterocycles. The molecule has 134 valence electrons. The van der Waals surface area contributed by atoms with Crippen LogP contribution in [0.3, 0.4) is 0 Å². The summed E-state index contributed by atoms with van der Waals surface area (Å²) in [7, 11) is 0. The molecule has 1 amide bonds. The average Bonchev–Trinajstić information content (AvgIpc) is 2.60. The fourth-order valence-electron chi connectivity index (χ4n) is 2.77. The maximum Gasteiger partial charge on any atom is 0.238 e. The van der Waals surface area contributed by atoms with Crippen LogP contribution in [-0.2, 0) is 4.79 Å². The summed E-state index contributed by atoms with van der Waals surface area (Å²) in [6.07, 6.45) is 0. The summed E-state index contributed by atoms with van der Waals surface area (Å²) in [5, 5.41) is 6.42. The molecule has 4 nitrogen and oxygen atoms in total. The smallest absolute Gasteiger partial charge is 0.238 e. The molecule has 2 aromatic rings. The molecule has 0 aromatic heterocycles. The highest BCUT2D eigenvalue weighted by Crippen LogP contribution is 2.33. The van der Waals surface area contributed by atoms with E-state index in [9.17, 15) is 4.79 Å². The third kappa shape index (κ3) is 5.75. The molecule has 1 atom stereocenters. The van der Waals surface area contributed by atoms with E-state index in [0.717, 1.165) is 35.1 Å². The van der Waals surface area contributed by atoms with Gasteiger partial charge in [0.1, 0.15) is 0 Å². The van der Waals surface area contributed by atoms with Gasteiger partial charge in [0.15, 0.2) is 0 Å². The lowest BCUT2D eigenvalue weighted by Crippen LogP contribution is -2.52. The number of hydrogen-bond acceptors (Lipinski definition) is 4. The van der Waals surface area contributed by atoms with Gasteiger partial charge in [0.2, 0.25) is 5.91 Å². The van der Waals surface area contributed by atoms with Crippen LogP contribution >= 0.6 is 24.2 Å². The Morgan fingerprint density at radius 3 is 2.68 bits per heavy atom. The molecule has 0 unspecified atom stereocenters. The Morgan fingerprint density at radius 1 is 1.20 bits per heavy atom. The van der Waals surface area contributed by atoms with E-state index >= 15 is 0 Å². The van der Waals surface area contributed by atoms with E-state index in [1.54, 1.807) is 11.8 Å². The Balaban J connectivity index is 0.00000225. The lowest BCUT2D eigenvalue weighted by Gasteiger charge is -2.33. The molecule has 1 fully saturated rings. The summed E-state index contributed by atoms with van der Waals surface area (Å²) in [5.74, 6) is 0.0462. The van der Waals surface area contributed by atoms with E-state index in [0.29, 0.717) is 12.6 Å². The van der Waals surface area contributed by atoms with Crippen LogP contribution in [0.25, 0.3) is 0 Å². The first-order chi connectivity index (χ1) is 11.7. The van der Waals surface area contributed by atoms with Gasteiger partial charge < -0.3 is 10.6 Å². The Hall–Kier alpha value is -1.53. The van der Waals surface area contributed by atoms with Crippen molar-refractivity contribution in [2.45, 2.75) is 22.8 Å². The van der Waals surface area contributed by atoms with Gasteiger partial charge in [0, 0.05) is 35.5 Å². The molecular formula is C19H24ClN3OS. The summed E-state index contributed by atoms with van der Waals surface area (Å²) in [4.78, 5) is 16.9. The van der Waals surface area contributed by atoms with Crippen LogP contribution in [0.4, 0.5) is 5.69 Å². The van der Waals surface area contributed by atoms with E-state index in [4.69, 9.17) is 0 Å². The zero-order valence-electron chi connectivity index (χ0n) is 14.3. The summed E-state index contributed by atoms with van der Waals surface area (Å²) >= 11 is 1.66. The van der Waals surface area contributed by atoms with E-state index < -0.39 is 0 Å². The topological polar surface area (TPSA) is 44.4 Å². The molecule has 0 spiro atoms. The summed E-state index contributed by atoms with van der Waals surface area (Å²) in [5.41, 5.74) is 0.874. The van der Waals surface area contributed by atoms with E-state index in [1.165, 1.54) is 0 Å². The Kier molecular flexibility index (Phi) is 7.78. The monoisotopic (exact) mass is 377 g/mol. The van der Waals surface area contributed by atoms with Crippen molar-refractivity contribution in [3.63, 3.8) is 0 Å². The Morgan fingerprint density at radius 2 is 1.92 bits per heavy atom. The fourth-order valence-corrected chi connectivity index (χ4v) is 3.69. The van der Waals surface area contributed by atoms with Crippen molar-refractivity contribution < 1.29 is 4.79 Å². The third-order valence-corrected chi connectivity index (χ3v) is 5.20. The maximum atomic E-state index is 12.4. The number of piperazine rings is 1. The number of carbonyl (C=O) groups is 1. The van der Waals surface area contributed by atoms with Crippen molar-refractivity contribution >= 4 is 35.8 Å². The minimum absolute atomic E-state index is 0. The first-order valence-corrected chi connectivity index (χ1v) is 9.10. The number of amides is 1. The predicted octanol–water partition coefficient (Wildman–Crippen LogP) is 3.49. The van der Waals surface area contributed by atoms with Crippen LogP contribution in [0.2, 0.25) is 0 Å². The van der Waals surface area contributed by atoms with Gasteiger partial charge in [0.05, 0.1) is 12.2 Å². The van der Waals surface area contributed by atoms with Gasteiger partial charge in [-0.25, -0.2) is 0 Å². The molecular weight excluding hydrogens is 354 g/mol. The lowest BCUT2D eigenvalue weighted by atomic mass is 10.2. The van der Waals surface area contributed by atoms with Gasteiger partial charge >= 0.3 is 0 Å². The van der Waals surface area contributed by atoms with Gasteiger partial charge in [-0.3, -0.25) is 9.69 Å². The van der Waals surface area contributed by atoms with Crippen molar-refractivity contribution in [2.75, 3.05) is 31.5 Å². The second-order valence-electron chi connectivity index (χ2n) is 5.98. The number of rotatable bonds is 5. The fraction of sp³-hybridized carbons (Fsp3) is 0.316. The number of carbonyl (C=O) groups excluding carboxylic acids is 1. The lowest BCUT2D eigenvalue weighted by molar-refractivity contribution is -0.118. The van der Waals surface area contributed by atoms with Gasteiger partial charge in [0.25, 0.3) is 0 Å². The van der Waals surface area contributed by atoms with Gasteiger partial charge in [-0.05, 0) is 31.2 Å². The number of nitrogens with one attached hydrogen (secondary N) is 2. The second-order valence-corrected chi connectivity index (χ2v) is 7.10. The number of para-hydroxylation sites is 1. The summed E-state index contributed by atoms with van der Waals surface area (Å²) in [6, 6.07) is 18.6. The van der Waals surface area contributed by atoms with Gasteiger partial charge in [-0.15, -0.1) is 12.4 Å². The van der Waals surface area contributed by atoms with Crippen molar-refractivity contribution in [2.24, 2.45) is 0 Å². The Bertz CT molecular complexity index is 683. The molecule has 2 aromatic carbocycles. The quantitative estimate of drug-likeness (QED) is 0.837. The zero-order chi connectivity index (χ0) is 16.8. The maximum absolute atomic E-state index is 12.4. The predicted molar refractivity (Wildman–Crippen MR) is 107 cm³/mol. The number of halogens is 1. The Labute approximate surface area is 159 Å². The second kappa shape index (κ2) is 9.82. The molecule has 0 saturated carbocycles. The molecule has 0 radical (unpaired) electrons. The van der Waals surface area contributed by atoms with Gasteiger partial charge in [-0.1, -0.05) is 42.1 Å². The molecule has 1 aliphatic heterocycles. The largest absolute Gasteiger partial charge is 0.324 e. The van der Waals surface area contributed by atoms with Crippen LogP contribution in [0, 0.1) is 0 Å². The van der Waals surface area contributed by atoms with Crippen LogP contribution in [-0.4, -0.2) is 43.0 Å². The van der Waals surface area contributed by atoms with E-state index in [1.807, 2.05) is 42.5 Å². The van der Waals surface area contributed by atoms with Crippen molar-refractivity contribution in [3.8, 4) is 0 Å². The highest BCUT2D eigenvalue weighted by molar-refractivity contribution is 7.99. The standard InChI is InChI=1S/C19H23N3OS.ClH/c1-15-13-20-11-12-22(15)14-19(23)21-17-9-5-6-10-18(17)24-16-7-3-2-4-8-16;/h2-10,15,20H,11-14H2,1H3,(H,21,23);1H/t15-;/m1./s1. The summed E-state index contributed by atoms with van der Waals surface area (Å²) in [6.45, 7) is 5.38. The van der Waals surface area contributed by atoms with Crippen LogP contribution in [0.1, 0.15) is 6.92 Å². The third-order valence-electron chi connectivity index (χ3n) is 4.12. The zero-order valence-corrected chi connectivity index (χ0v) is 15.9. The minimum atomic E-state index is 0. The molecule has 0 aliphatic carbocycles. The highest BCUT2D eigenvalue weighted by Gasteiger charge is 2.20. The first kappa shape index (κ1) is 19.8. The summed E-state index contributed by atoms with van der Waals surface area (Å²) < 4.78 is 0. The van der Waals surface area contributed by atoms with E-state index in [-0.39, 0.29) is 18.3 Å². The van der Waals surface area contributed by atoms with Crippen molar-refractivity contribution in [3.05, 3.63) is 54.6 Å². The van der Waals surface area contributed by atoms with Crippen LogP contribution in [0.5, 0.6) is 0 Å². The molecule has 2 N–H and O–H groups in total. The number of hydrogen-bond donors (Lipinski definition) is 2. The SMILES string of the molecule is C[C@@H]1CNCCN1CC(=O)Nc1ccccc1Sc1ccccc1.Cl. The normalized spacial score (nSPS) is 17.6. The molecule has 6 heteroatoms. The van der Waals surface area contributed by atoms with Crippen molar-refractivity contribution in [1.29, 1.82) is 0 Å². The molecule has 25 heavy (non-hydrogen) atoms. The minimum Gasteiger partial charge on any atom is -0.324 e. The number of benzene rings is 2. The van der Waals surface area contributed by atoms with Gasteiger partial charge in [-0.2, -0.15) is 0 Å². The molecule has 1 aliphatic rings. The first-order valence-electron chi connectivity index (χ1n) is 8.29. The number of anilines is 1.